The fourth-order valence-electron chi connectivity index (χ4n) is 0.660. The number of ether oxygens (including phenoxy) is 1. The van der Waals surface area contributed by atoms with E-state index in [2.05, 4.69) is 4.74 Å². The fourth-order valence-corrected chi connectivity index (χ4v) is 0.660. The Labute approximate surface area is 52.9 Å². The number of Topliss-reactive ketones (excluding diaryl/α,β-unsaturated/α-hetero) is 1. The maximum Gasteiger partial charge on any atom is 0.256 e. The molecule has 0 aromatic rings. The van der Waals surface area contributed by atoms with Crippen molar-refractivity contribution in [2.45, 2.75) is 19.6 Å². The zero-order valence-electron chi connectivity index (χ0n) is 5.13. The van der Waals surface area contributed by atoms with Gasteiger partial charge in [-0.15, -0.1) is 0 Å². The molecule has 9 heavy (non-hydrogen) atoms. The first-order valence-corrected chi connectivity index (χ1v) is 2.72. The molecule has 3 nitrogen and oxygen atoms in total. The molecule has 0 aliphatic carbocycles. The second-order valence-corrected chi connectivity index (χ2v) is 2.10. The van der Waals surface area contributed by atoms with Crippen LogP contribution in [0.1, 0.15) is 13.3 Å². The van der Waals surface area contributed by atoms with E-state index in [4.69, 9.17) is 5.11 Å². The highest BCUT2D eigenvalue weighted by molar-refractivity contribution is 5.84. The summed E-state index contributed by atoms with van der Waals surface area (Å²) in [6.45, 7) is 1.78. The minimum absolute atomic E-state index is 0.269. The topological polar surface area (TPSA) is 46.5 Å². The van der Waals surface area contributed by atoms with Crippen LogP contribution in [-0.4, -0.2) is 17.2 Å². The third-order valence-corrected chi connectivity index (χ3v) is 1.13. The maximum atomic E-state index is 10.6. The van der Waals surface area contributed by atoms with Crippen LogP contribution in [0.4, 0.5) is 0 Å². The van der Waals surface area contributed by atoms with Crippen LogP contribution in [0.5, 0.6) is 0 Å². The van der Waals surface area contributed by atoms with E-state index in [0.717, 1.165) is 5.57 Å². The molecule has 3 heteroatoms. The van der Waals surface area contributed by atoms with Crippen LogP contribution in [0.15, 0.2) is 11.8 Å². The average molecular weight is 128 g/mol. The number of rotatable bonds is 0. The lowest BCUT2D eigenvalue weighted by Crippen LogP contribution is -2.25. The van der Waals surface area contributed by atoms with Crippen molar-refractivity contribution in [2.75, 3.05) is 0 Å². The van der Waals surface area contributed by atoms with Gasteiger partial charge >= 0.3 is 0 Å². The predicted molar refractivity (Wildman–Crippen MR) is 30.5 cm³/mol. The number of aliphatic hydroxyl groups excluding tert-OH is 1. The highest BCUT2D eigenvalue weighted by Crippen LogP contribution is 2.10. The van der Waals surface area contributed by atoms with Gasteiger partial charge in [0.2, 0.25) is 5.78 Å². The van der Waals surface area contributed by atoms with E-state index in [1.54, 1.807) is 6.92 Å². The van der Waals surface area contributed by atoms with Crippen molar-refractivity contribution in [3.63, 3.8) is 0 Å². The number of aliphatic hydroxyl groups is 1. The third kappa shape index (κ3) is 1.29. The first kappa shape index (κ1) is 6.29. The number of allylic oxidation sites excluding steroid dienone is 1. The van der Waals surface area contributed by atoms with E-state index >= 15 is 0 Å². The summed E-state index contributed by atoms with van der Waals surface area (Å²) in [5, 5.41) is 8.68. The Kier molecular flexibility index (Phi) is 1.53. The SMILES string of the molecule is CC1=COC(O)C(=O)C1. The molecule has 0 radical (unpaired) electrons. The summed E-state index contributed by atoms with van der Waals surface area (Å²) in [5.74, 6) is -0.269. The van der Waals surface area contributed by atoms with Gasteiger partial charge in [0.05, 0.1) is 6.26 Å². The van der Waals surface area contributed by atoms with E-state index in [9.17, 15) is 4.79 Å². The Balaban J connectivity index is 2.65. The lowest BCUT2D eigenvalue weighted by atomic mass is 10.1. The van der Waals surface area contributed by atoms with Crippen molar-refractivity contribution in [1.29, 1.82) is 0 Å². The molecule has 1 heterocycles. The van der Waals surface area contributed by atoms with Crippen molar-refractivity contribution < 1.29 is 14.6 Å². The number of carbonyl (C=O) groups excluding carboxylic acids is 1. The number of hydrogen-bond donors (Lipinski definition) is 1. The second-order valence-electron chi connectivity index (χ2n) is 2.10. The van der Waals surface area contributed by atoms with Gasteiger partial charge < -0.3 is 9.84 Å². The minimum atomic E-state index is -1.23. The Morgan fingerprint density at radius 3 is 3.00 bits per heavy atom. The van der Waals surface area contributed by atoms with Crippen LogP contribution in [0.3, 0.4) is 0 Å². The van der Waals surface area contributed by atoms with Crippen LogP contribution >= 0.6 is 0 Å². The molecule has 0 amide bonds. The van der Waals surface area contributed by atoms with E-state index in [-0.39, 0.29) is 5.78 Å². The Morgan fingerprint density at radius 1 is 1.89 bits per heavy atom. The van der Waals surface area contributed by atoms with Crippen LogP contribution in [0, 0.1) is 0 Å². The number of hydrogen-bond acceptors (Lipinski definition) is 3. The highest BCUT2D eigenvalue weighted by Gasteiger charge is 2.19. The van der Waals surface area contributed by atoms with Crippen molar-refractivity contribution in [1.82, 2.24) is 0 Å². The molecule has 0 saturated carbocycles. The van der Waals surface area contributed by atoms with Crippen LogP contribution in [-0.2, 0) is 9.53 Å². The molecule has 0 spiro atoms. The average Bonchev–Trinajstić information content (AvgIpc) is 1.80. The van der Waals surface area contributed by atoms with Gasteiger partial charge in [-0.1, -0.05) is 0 Å². The van der Waals surface area contributed by atoms with Gasteiger partial charge in [0.15, 0.2) is 0 Å². The number of carbonyl (C=O) groups is 1. The highest BCUT2D eigenvalue weighted by atomic mass is 16.6. The standard InChI is InChI=1S/C6H8O3/c1-4-2-5(7)6(8)9-3-4/h3,6,8H,2H2,1H3. The van der Waals surface area contributed by atoms with E-state index in [0.29, 0.717) is 6.42 Å². The number of ketones is 1. The van der Waals surface area contributed by atoms with E-state index in [1.165, 1.54) is 6.26 Å². The predicted octanol–water partition coefficient (Wildman–Crippen LogP) is 0.198. The van der Waals surface area contributed by atoms with Gasteiger partial charge in [0, 0.05) is 6.42 Å². The molecular weight excluding hydrogens is 120 g/mol. The quantitative estimate of drug-likeness (QED) is 0.506. The zero-order chi connectivity index (χ0) is 6.85. The van der Waals surface area contributed by atoms with Gasteiger partial charge in [0.1, 0.15) is 0 Å². The second kappa shape index (κ2) is 2.19. The largest absolute Gasteiger partial charge is 0.465 e. The maximum absolute atomic E-state index is 10.6. The molecular formula is C6H8O3. The van der Waals surface area contributed by atoms with Crippen LogP contribution in [0.25, 0.3) is 0 Å². The van der Waals surface area contributed by atoms with Gasteiger partial charge in [-0.05, 0) is 12.5 Å². The summed E-state index contributed by atoms with van der Waals surface area (Å²) >= 11 is 0. The Hall–Kier alpha value is -0.830. The van der Waals surface area contributed by atoms with Crippen molar-refractivity contribution >= 4 is 5.78 Å². The molecule has 1 atom stereocenters. The Morgan fingerprint density at radius 2 is 2.56 bits per heavy atom. The summed E-state index contributed by atoms with van der Waals surface area (Å²) in [7, 11) is 0. The molecule has 0 aromatic carbocycles. The normalized spacial score (nSPS) is 27.1. The summed E-state index contributed by atoms with van der Waals surface area (Å²) in [5.41, 5.74) is 0.852. The van der Waals surface area contributed by atoms with Crippen molar-refractivity contribution in [2.24, 2.45) is 0 Å². The smallest absolute Gasteiger partial charge is 0.256 e. The van der Waals surface area contributed by atoms with Gasteiger partial charge in [0.25, 0.3) is 6.29 Å². The van der Waals surface area contributed by atoms with Gasteiger partial charge in [-0.25, -0.2) is 0 Å². The minimum Gasteiger partial charge on any atom is -0.465 e. The van der Waals surface area contributed by atoms with Crippen molar-refractivity contribution in [3.05, 3.63) is 11.8 Å². The van der Waals surface area contributed by atoms with Gasteiger partial charge in [-0.2, -0.15) is 0 Å². The first-order valence-electron chi connectivity index (χ1n) is 2.72. The lowest BCUT2D eigenvalue weighted by Gasteiger charge is -2.14. The summed E-state index contributed by atoms with van der Waals surface area (Å²) in [4.78, 5) is 10.6. The van der Waals surface area contributed by atoms with E-state index < -0.39 is 6.29 Å². The fraction of sp³-hybridized carbons (Fsp3) is 0.500. The molecule has 1 N–H and O–H groups in total. The van der Waals surface area contributed by atoms with Crippen LogP contribution < -0.4 is 0 Å². The van der Waals surface area contributed by atoms with Crippen molar-refractivity contribution in [3.8, 4) is 0 Å². The molecule has 1 aliphatic heterocycles. The van der Waals surface area contributed by atoms with Gasteiger partial charge in [-0.3, -0.25) is 4.79 Å². The molecule has 1 unspecified atom stereocenters. The molecule has 0 fully saturated rings. The molecule has 0 bridgehead atoms. The third-order valence-electron chi connectivity index (χ3n) is 1.13. The molecule has 1 aliphatic rings. The summed E-state index contributed by atoms with van der Waals surface area (Å²) in [6, 6.07) is 0. The summed E-state index contributed by atoms with van der Waals surface area (Å²) in [6.07, 6.45) is 0.487. The Bertz CT molecular complexity index is 160. The molecule has 0 saturated heterocycles. The first-order chi connectivity index (χ1) is 4.20. The molecule has 50 valence electrons. The van der Waals surface area contributed by atoms with Crippen LogP contribution in [0.2, 0.25) is 0 Å². The molecule has 0 aromatic heterocycles. The lowest BCUT2D eigenvalue weighted by molar-refractivity contribution is -0.147. The monoisotopic (exact) mass is 128 g/mol. The molecule has 1 rings (SSSR count). The summed E-state index contributed by atoms with van der Waals surface area (Å²) < 4.78 is 4.55. The zero-order valence-corrected chi connectivity index (χ0v) is 5.13. The van der Waals surface area contributed by atoms with E-state index in [1.807, 2.05) is 0 Å².